The van der Waals surface area contributed by atoms with Gasteiger partial charge in [-0.15, -0.1) is 0 Å². The summed E-state index contributed by atoms with van der Waals surface area (Å²) in [7, 11) is 3.42. The first kappa shape index (κ1) is 18.8. The molecule has 0 aliphatic carbocycles. The van der Waals surface area contributed by atoms with Gasteiger partial charge < -0.3 is 19.9 Å². The molecule has 2 N–H and O–H groups in total. The van der Waals surface area contributed by atoms with Crippen molar-refractivity contribution in [3.05, 3.63) is 41.5 Å². The fourth-order valence-electron chi connectivity index (χ4n) is 2.24. The molecule has 0 atom stereocenters. The van der Waals surface area contributed by atoms with Crippen LogP contribution in [0.5, 0.6) is 5.75 Å². The molecule has 0 aliphatic heterocycles. The van der Waals surface area contributed by atoms with Crippen molar-refractivity contribution in [1.82, 2.24) is 20.8 Å². The van der Waals surface area contributed by atoms with E-state index in [1.807, 2.05) is 39.0 Å². The summed E-state index contributed by atoms with van der Waals surface area (Å²) in [6.45, 7) is 7.30. The predicted molar refractivity (Wildman–Crippen MR) is 97.9 cm³/mol. The molecule has 136 valence electrons. The van der Waals surface area contributed by atoms with Crippen molar-refractivity contribution in [2.45, 2.75) is 39.2 Å². The molecular formula is C18H27N5O2. The van der Waals surface area contributed by atoms with Gasteiger partial charge in [0.15, 0.2) is 11.8 Å². The number of hydrogen-bond acceptors (Lipinski definition) is 5. The summed E-state index contributed by atoms with van der Waals surface area (Å²) in [5.74, 6) is 2.83. The molecule has 7 nitrogen and oxygen atoms in total. The van der Waals surface area contributed by atoms with Crippen LogP contribution in [0, 0.1) is 0 Å². The van der Waals surface area contributed by atoms with Crippen molar-refractivity contribution >= 4 is 5.96 Å². The first-order valence-corrected chi connectivity index (χ1v) is 8.33. The molecule has 0 saturated carbocycles. The second-order valence-corrected chi connectivity index (χ2v) is 6.68. The molecule has 0 fully saturated rings. The van der Waals surface area contributed by atoms with Crippen molar-refractivity contribution in [3.63, 3.8) is 0 Å². The third-order valence-electron chi connectivity index (χ3n) is 3.63. The van der Waals surface area contributed by atoms with Crippen LogP contribution in [-0.2, 0) is 18.4 Å². The minimum atomic E-state index is -0.153. The van der Waals surface area contributed by atoms with E-state index in [0.717, 1.165) is 24.3 Å². The lowest BCUT2D eigenvalue weighted by molar-refractivity contribution is 0.318. The van der Waals surface area contributed by atoms with Gasteiger partial charge in [0.1, 0.15) is 5.75 Å². The van der Waals surface area contributed by atoms with Gasteiger partial charge in [0.05, 0.1) is 13.7 Å². The number of hydrogen-bond donors (Lipinski definition) is 2. The van der Waals surface area contributed by atoms with Crippen LogP contribution < -0.4 is 15.4 Å². The van der Waals surface area contributed by atoms with E-state index in [-0.39, 0.29) is 5.41 Å². The van der Waals surface area contributed by atoms with Crippen LogP contribution in [0.1, 0.15) is 38.0 Å². The van der Waals surface area contributed by atoms with E-state index in [9.17, 15) is 0 Å². The Morgan fingerprint density at radius 3 is 2.64 bits per heavy atom. The summed E-state index contributed by atoms with van der Waals surface area (Å²) >= 11 is 0. The normalized spacial score (nSPS) is 12.1. The number of nitrogens with zero attached hydrogens (tertiary/aromatic N) is 3. The van der Waals surface area contributed by atoms with Gasteiger partial charge in [-0.2, -0.15) is 4.98 Å². The van der Waals surface area contributed by atoms with Gasteiger partial charge in [-0.05, 0) is 18.1 Å². The van der Waals surface area contributed by atoms with Crippen LogP contribution in [0.4, 0.5) is 0 Å². The Morgan fingerprint density at radius 1 is 1.24 bits per heavy atom. The second kappa shape index (κ2) is 8.50. The van der Waals surface area contributed by atoms with Crippen LogP contribution in [0.3, 0.4) is 0 Å². The Kier molecular flexibility index (Phi) is 6.38. The van der Waals surface area contributed by atoms with Crippen molar-refractivity contribution in [2.24, 2.45) is 4.99 Å². The molecule has 0 aliphatic rings. The van der Waals surface area contributed by atoms with Crippen LogP contribution in [0.25, 0.3) is 0 Å². The number of guanidine groups is 1. The molecule has 2 aromatic rings. The van der Waals surface area contributed by atoms with Gasteiger partial charge in [0.25, 0.3) is 0 Å². The standard InChI is InChI=1S/C18H27N5O2/c1-18(2,3)16-22-15(23-25-16)12-21-17(19-4)20-11-10-13-8-6-7-9-14(13)24-5/h6-9H,10-12H2,1-5H3,(H2,19,20,21). The largest absolute Gasteiger partial charge is 0.496 e. The molecule has 0 spiro atoms. The van der Waals surface area contributed by atoms with Crippen molar-refractivity contribution in [3.8, 4) is 5.75 Å². The zero-order valence-electron chi connectivity index (χ0n) is 15.6. The minimum absolute atomic E-state index is 0.153. The summed E-state index contributed by atoms with van der Waals surface area (Å²) < 4.78 is 10.6. The lowest BCUT2D eigenvalue weighted by Gasteiger charge is -2.12. The van der Waals surface area contributed by atoms with E-state index in [0.29, 0.717) is 24.2 Å². The maximum absolute atomic E-state index is 5.36. The first-order chi connectivity index (χ1) is 11.9. The topological polar surface area (TPSA) is 84.6 Å². The molecule has 0 saturated heterocycles. The summed E-state index contributed by atoms with van der Waals surface area (Å²) in [5.41, 5.74) is 1.00. The number of benzene rings is 1. The summed E-state index contributed by atoms with van der Waals surface area (Å²) in [6, 6.07) is 8.00. The van der Waals surface area contributed by atoms with E-state index < -0.39 is 0 Å². The molecule has 1 aromatic heterocycles. The molecular weight excluding hydrogens is 318 g/mol. The average Bonchev–Trinajstić information content (AvgIpc) is 3.07. The lowest BCUT2D eigenvalue weighted by Crippen LogP contribution is -2.38. The molecule has 7 heteroatoms. The van der Waals surface area contributed by atoms with Crippen LogP contribution in [0.2, 0.25) is 0 Å². The number of aromatic nitrogens is 2. The molecule has 0 radical (unpaired) electrons. The Morgan fingerprint density at radius 2 is 2.00 bits per heavy atom. The maximum Gasteiger partial charge on any atom is 0.232 e. The molecule has 1 aromatic carbocycles. The number of methoxy groups -OCH3 is 1. The van der Waals surface area contributed by atoms with E-state index in [1.54, 1.807) is 14.2 Å². The summed E-state index contributed by atoms with van der Waals surface area (Å²) in [4.78, 5) is 8.61. The summed E-state index contributed by atoms with van der Waals surface area (Å²) in [6.07, 6.45) is 0.834. The van der Waals surface area contributed by atoms with Crippen LogP contribution >= 0.6 is 0 Å². The highest BCUT2D eigenvalue weighted by molar-refractivity contribution is 5.79. The van der Waals surface area contributed by atoms with Gasteiger partial charge in [-0.25, -0.2) is 0 Å². The van der Waals surface area contributed by atoms with Crippen molar-refractivity contribution in [1.29, 1.82) is 0 Å². The zero-order valence-corrected chi connectivity index (χ0v) is 15.6. The van der Waals surface area contributed by atoms with E-state index in [4.69, 9.17) is 9.26 Å². The smallest absolute Gasteiger partial charge is 0.232 e. The average molecular weight is 345 g/mol. The fraction of sp³-hybridized carbons (Fsp3) is 0.500. The highest BCUT2D eigenvalue weighted by atomic mass is 16.5. The van der Waals surface area contributed by atoms with Gasteiger partial charge in [0, 0.05) is 19.0 Å². The van der Waals surface area contributed by atoms with Crippen molar-refractivity contribution < 1.29 is 9.26 Å². The third kappa shape index (κ3) is 5.48. The number of nitrogens with one attached hydrogen (secondary N) is 2. The molecule has 25 heavy (non-hydrogen) atoms. The van der Waals surface area contributed by atoms with Gasteiger partial charge in [-0.1, -0.05) is 44.1 Å². The molecule has 2 rings (SSSR count). The number of ether oxygens (including phenoxy) is 1. The minimum Gasteiger partial charge on any atom is -0.496 e. The van der Waals surface area contributed by atoms with E-state index in [2.05, 4.69) is 31.8 Å². The van der Waals surface area contributed by atoms with Gasteiger partial charge in [0.2, 0.25) is 5.89 Å². The quantitative estimate of drug-likeness (QED) is 0.617. The maximum atomic E-state index is 5.36. The highest BCUT2D eigenvalue weighted by Gasteiger charge is 2.21. The Bertz CT molecular complexity index is 703. The zero-order chi connectivity index (χ0) is 18.3. The van der Waals surface area contributed by atoms with E-state index in [1.165, 1.54) is 0 Å². The van der Waals surface area contributed by atoms with Crippen molar-refractivity contribution in [2.75, 3.05) is 20.7 Å². The molecule has 1 heterocycles. The fourth-order valence-corrected chi connectivity index (χ4v) is 2.24. The van der Waals surface area contributed by atoms with Gasteiger partial charge >= 0.3 is 0 Å². The number of aliphatic imine (C=N–C) groups is 1. The van der Waals surface area contributed by atoms with Crippen LogP contribution in [0.15, 0.2) is 33.8 Å². The Labute approximate surface area is 148 Å². The second-order valence-electron chi connectivity index (χ2n) is 6.68. The first-order valence-electron chi connectivity index (χ1n) is 8.33. The number of para-hydroxylation sites is 1. The monoisotopic (exact) mass is 345 g/mol. The SMILES string of the molecule is CN=C(NCCc1ccccc1OC)NCc1noc(C(C)(C)C)n1. The Balaban J connectivity index is 1.82. The van der Waals surface area contributed by atoms with Crippen LogP contribution in [-0.4, -0.2) is 36.8 Å². The molecule has 0 bridgehead atoms. The highest BCUT2D eigenvalue weighted by Crippen LogP contribution is 2.19. The third-order valence-corrected chi connectivity index (χ3v) is 3.63. The van der Waals surface area contributed by atoms with E-state index >= 15 is 0 Å². The molecule has 0 amide bonds. The van der Waals surface area contributed by atoms with Gasteiger partial charge in [-0.3, -0.25) is 4.99 Å². The molecule has 0 unspecified atom stereocenters. The predicted octanol–water partition coefficient (Wildman–Crippen LogP) is 2.28. The summed E-state index contributed by atoms with van der Waals surface area (Å²) in [5, 5.41) is 10.5. The Hall–Kier alpha value is -2.57. The number of rotatable bonds is 6. The lowest BCUT2D eigenvalue weighted by atomic mass is 9.97.